The number of aromatic nitrogens is 2. The molecule has 82 valence electrons. The summed E-state index contributed by atoms with van der Waals surface area (Å²) in [4.78, 5) is 21.8. The molecule has 0 aromatic carbocycles. The number of aliphatic hydroxyl groups is 1. The molecule has 0 aliphatic rings. The number of carbonyl (C=O) groups is 1. The van der Waals surface area contributed by atoms with Gasteiger partial charge in [-0.25, -0.2) is 9.48 Å². The summed E-state index contributed by atoms with van der Waals surface area (Å²) in [5.41, 5.74) is -0.555. The van der Waals surface area contributed by atoms with Crippen molar-refractivity contribution in [2.24, 2.45) is 0 Å². The molecule has 0 saturated carbocycles. The van der Waals surface area contributed by atoms with Crippen LogP contribution < -0.4 is 5.56 Å². The van der Waals surface area contributed by atoms with Gasteiger partial charge >= 0.3 is 5.97 Å². The van der Waals surface area contributed by atoms with E-state index in [0.717, 1.165) is 16.8 Å². The van der Waals surface area contributed by atoms with E-state index in [4.69, 9.17) is 10.2 Å². The quantitative estimate of drug-likeness (QED) is 0.715. The maximum Gasteiger partial charge on any atom is 0.356 e. The zero-order chi connectivity index (χ0) is 11.4. The van der Waals surface area contributed by atoms with Crippen LogP contribution in [0, 0.1) is 0 Å². The van der Waals surface area contributed by atoms with Gasteiger partial charge in [0.15, 0.2) is 5.69 Å². The molecule has 0 saturated heterocycles. The monoisotopic (exact) mass is 212 g/mol. The first kappa shape index (κ1) is 11.4. The van der Waals surface area contributed by atoms with E-state index in [1.165, 1.54) is 0 Å². The Morgan fingerprint density at radius 1 is 1.60 bits per heavy atom. The fraction of sp³-hybridized carbons (Fsp3) is 0.444. The first-order valence-electron chi connectivity index (χ1n) is 4.50. The summed E-state index contributed by atoms with van der Waals surface area (Å²) in [6.45, 7) is 1.80. The van der Waals surface area contributed by atoms with Crippen molar-refractivity contribution >= 4 is 5.97 Å². The Hall–Kier alpha value is -1.69. The number of carboxylic acid groups (broad SMARTS) is 1. The van der Waals surface area contributed by atoms with E-state index in [1.54, 1.807) is 6.92 Å². The van der Waals surface area contributed by atoms with Crippen molar-refractivity contribution < 1.29 is 15.0 Å². The van der Waals surface area contributed by atoms with E-state index in [-0.39, 0.29) is 17.8 Å². The van der Waals surface area contributed by atoms with Crippen LogP contribution in [0.3, 0.4) is 0 Å². The number of aromatic carboxylic acids is 1. The highest BCUT2D eigenvalue weighted by atomic mass is 16.4. The van der Waals surface area contributed by atoms with Crippen molar-refractivity contribution in [1.29, 1.82) is 0 Å². The third-order valence-corrected chi connectivity index (χ3v) is 1.84. The number of nitrogens with zero attached hydrogens (tertiary/aromatic N) is 2. The number of carboxylic acids is 1. The number of aliphatic hydroxyl groups excluding tert-OH is 1. The third-order valence-electron chi connectivity index (χ3n) is 1.84. The molecule has 1 rings (SSSR count). The Kier molecular flexibility index (Phi) is 3.56. The van der Waals surface area contributed by atoms with Gasteiger partial charge in [-0.1, -0.05) is 0 Å². The molecule has 0 radical (unpaired) electrons. The molecule has 0 spiro atoms. The van der Waals surface area contributed by atoms with Crippen molar-refractivity contribution in [3.63, 3.8) is 0 Å². The Labute approximate surface area is 85.8 Å². The second-order valence-electron chi connectivity index (χ2n) is 3.22. The normalized spacial score (nSPS) is 12.4. The Morgan fingerprint density at radius 2 is 2.27 bits per heavy atom. The van der Waals surface area contributed by atoms with Crippen molar-refractivity contribution in [2.75, 3.05) is 0 Å². The van der Waals surface area contributed by atoms with Gasteiger partial charge in [-0.15, -0.1) is 0 Å². The van der Waals surface area contributed by atoms with Crippen LogP contribution in [-0.4, -0.2) is 32.1 Å². The highest BCUT2D eigenvalue weighted by Gasteiger charge is 2.07. The first-order chi connectivity index (χ1) is 7.00. The molecule has 0 aliphatic heterocycles. The topological polar surface area (TPSA) is 92.4 Å². The summed E-state index contributed by atoms with van der Waals surface area (Å²) in [6, 6.07) is 2.31. The molecule has 1 aromatic rings. The Morgan fingerprint density at radius 3 is 2.80 bits per heavy atom. The fourth-order valence-corrected chi connectivity index (χ4v) is 1.03. The first-order valence-corrected chi connectivity index (χ1v) is 4.50. The second-order valence-corrected chi connectivity index (χ2v) is 3.22. The van der Waals surface area contributed by atoms with E-state index in [0.29, 0.717) is 6.42 Å². The van der Waals surface area contributed by atoms with Crippen LogP contribution in [-0.2, 0) is 6.54 Å². The molecule has 6 nitrogen and oxygen atoms in total. The average molecular weight is 212 g/mol. The average Bonchev–Trinajstić information content (AvgIpc) is 2.16. The third kappa shape index (κ3) is 3.17. The molecule has 0 aliphatic carbocycles. The molecule has 0 amide bonds. The summed E-state index contributed by atoms with van der Waals surface area (Å²) in [7, 11) is 0. The lowest BCUT2D eigenvalue weighted by atomic mass is 10.3. The van der Waals surface area contributed by atoms with Crippen LogP contribution in [0.5, 0.6) is 0 Å². The van der Waals surface area contributed by atoms with E-state index in [9.17, 15) is 9.59 Å². The second kappa shape index (κ2) is 4.70. The molecule has 1 unspecified atom stereocenters. The highest BCUT2D eigenvalue weighted by molar-refractivity contribution is 5.84. The maximum absolute atomic E-state index is 11.2. The lowest BCUT2D eigenvalue weighted by Gasteiger charge is -2.06. The minimum atomic E-state index is -1.18. The molecular weight excluding hydrogens is 200 g/mol. The zero-order valence-electron chi connectivity index (χ0n) is 8.25. The molecule has 0 fully saturated rings. The van der Waals surface area contributed by atoms with Gasteiger partial charge in [-0.3, -0.25) is 4.79 Å². The van der Waals surface area contributed by atoms with Gasteiger partial charge in [-0.2, -0.15) is 5.10 Å². The highest BCUT2D eigenvalue weighted by Crippen LogP contribution is 1.94. The van der Waals surface area contributed by atoms with Crippen molar-refractivity contribution in [3.05, 3.63) is 28.2 Å². The van der Waals surface area contributed by atoms with E-state index in [2.05, 4.69) is 5.10 Å². The van der Waals surface area contributed by atoms with Crippen molar-refractivity contribution in [3.8, 4) is 0 Å². The van der Waals surface area contributed by atoms with Crippen LogP contribution in [0.25, 0.3) is 0 Å². The van der Waals surface area contributed by atoms with Gasteiger partial charge in [0.2, 0.25) is 0 Å². The van der Waals surface area contributed by atoms with Crippen molar-refractivity contribution in [2.45, 2.75) is 26.0 Å². The fourth-order valence-electron chi connectivity index (χ4n) is 1.03. The molecule has 0 bridgehead atoms. The van der Waals surface area contributed by atoms with Crippen LogP contribution in [0.2, 0.25) is 0 Å². The molecule has 1 atom stereocenters. The number of hydrogen-bond donors (Lipinski definition) is 2. The van der Waals surface area contributed by atoms with Gasteiger partial charge in [0.25, 0.3) is 5.56 Å². The van der Waals surface area contributed by atoms with Gasteiger partial charge < -0.3 is 10.2 Å². The predicted molar refractivity (Wildman–Crippen MR) is 51.8 cm³/mol. The van der Waals surface area contributed by atoms with E-state index >= 15 is 0 Å². The number of rotatable bonds is 4. The van der Waals surface area contributed by atoms with Crippen molar-refractivity contribution in [1.82, 2.24) is 9.78 Å². The molecule has 15 heavy (non-hydrogen) atoms. The van der Waals surface area contributed by atoms with Gasteiger partial charge in [0, 0.05) is 12.6 Å². The van der Waals surface area contributed by atoms with Gasteiger partial charge in [0.1, 0.15) is 0 Å². The number of hydrogen-bond acceptors (Lipinski definition) is 4. The molecule has 6 heteroatoms. The predicted octanol–water partition coefficient (Wildman–Crippen LogP) is -0.288. The smallest absolute Gasteiger partial charge is 0.356 e. The molecule has 1 aromatic heterocycles. The van der Waals surface area contributed by atoms with Gasteiger partial charge in [0.05, 0.1) is 6.10 Å². The standard InChI is InChI=1S/C9H12N2O4/c1-6(12)4-5-11-8(13)3-2-7(10-11)9(14)15/h2-3,6,12H,4-5H2,1H3,(H,14,15). The SMILES string of the molecule is CC(O)CCn1nc(C(=O)O)ccc1=O. The largest absolute Gasteiger partial charge is 0.476 e. The Balaban J connectivity index is 2.91. The molecular formula is C9H12N2O4. The maximum atomic E-state index is 11.2. The Bertz CT molecular complexity index is 411. The van der Waals surface area contributed by atoms with E-state index < -0.39 is 12.1 Å². The van der Waals surface area contributed by atoms with Crippen LogP contribution in [0.1, 0.15) is 23.8 Å². The summed E-state index contributed by atoms with van der Waals surface area (Å²) in [6.07, 6.45) is -0.192. The summed E-state index contributed by atoms with van der Waals surface area (Å²) in [5, 5.41) is 21.3. The number of aryl methyl sites for hydroxylation is 1. The van der Waals surface area contributed by atoms with E-state index in [1.807, 2.05) is 0 Å². The summed E-state index contributed by atoms with van der Waals surface area (Å²) < 4.78 is 1.04. The van der Waals surface area contributed by atoms with Gasteiger partial charge in [-0.05, 0) is 19.4 Å². The van der Waals surface area contributed by atoms with Crippen LogP contribution >= 0.6 is 0 Å². The summed E-state index contributed by atoms with van der Waals surface area (Å²) in [5.74, 6) is -1.18. The molecule has 2 N–H and O–H groups in total. The van der Waals surface area contributed by atoms with Crippen LogP contribution in [0.15, 0.2) is 16.9 Å². The lowest BCUT2D eigenvalue weighted by molar-refractivity contribution is 0.0687. The summed E-state index contributed by atoms with van der Waals surface area (Å²) >= 11 is 0. The minimum Gasteiger partial charge on any atom is -0.476 e. The van der Waals surface area contributed by atoms with Crippen LogP contribution in [0.4, 0.5) is 0 Å². The minimum absolute atomic E-state index is 0.180. The zero-order valence-corrected chi connectivity index (χ0v) is 8.25. The molecule has 1 heterocycles. The lowest BCUT2D eigenvalue weighted by Crippen LogP contribution is -2.25.